The number of benzene rings is 2. The third-order valence-electron chi connectivity index (χ3n) is 4.59. The molecule has 170 valence electrons. The van der Waals surface area contributed by atoms with E-state index in [9.17, 15) is 29.7 Å². The maximum Gasteiger partial charge on any atom is 0.407 e. The molecule has 0 radical (unpaired) electrons. The number of aliphatic hydroxyl groups is 1. The van der Waals surface area contributed by atoms with E-state index in [1.54, 1.807) is 36.4 Å². The Balaban J connectivity index is 1.46. The zero-order valence-corrected chi connectivity index (χ0v) is 17.7. The quantitative estimate of drug-likeness (QED) is 0.358. The van der Waals surface area contributed by atoms with Crippen LogP contribution in [0.15, 0.2) is 48.5 Å². The second-order valence-corrected chi connectivity index (χ2v) is 8.13. The third-order valence-corrected chi connectivity index (χ3v) is 5.47. The molecule has 2 aromatic rings. The molecule has 0 bridgehead atoms. The number of imide groups is 1. The van der Waals surface area contributed by atoms with E-state index in [0.29, 0.717) is 17.9 Å². The molecule has 32 heavy (non-hydrogen) atoms. The molecule has 11 heteroatoms. The van der Waals surface area contributed by atoms with Crippen molar-refractivity contribution < 1.29 is 34.4 Å². The number of amides is 3. The molecule has 10 nitrogen and oxygen atoms in total. The highest BCUT2D eigenvalue weighted by atomic mass is 32.2. The van der Waals surface area contributed by atoms with Gasteiger partial charge in [0.25, 0.3) is 11.1 Å². The van der Waals surface area contributed by atoms with E-state index in [-0.39, 0.29) is 25.4 Å². The summed E-state index contributed by atoms with van der Waals surface area (Å²) in [6, 6.07) is 13.1. The largest absolute Gasteiger partial charge is 0.508 e. The van der Waals surface area contributed by atoms with Crippen LogP contribution in [0.2, 0.25) is 0 Å². The van der Waals surface area contributed by atoms with E-state index in [1.165, 1.54) is 12.1 Å². The Labute approximate surface area is 188 Å². The summed E-state index contributed by atoms with van der Waals surface area (Å²) in [6.07, 6.45) is -1.75. The summed E-state index contributed by atoms with van der Waals surface area (Å²) in [4.78, 5) is 35.5. The lowest BCUT2D eigenvalue weighted by molar-refractivity contribution is -0.118. The summed E-state index contributed by atoms with van der Waals surface area (Å²) in [6.45, 7) is -0.0347. The van der Waals surface area contributed by atoms with E-state index >= 15 is 0 Å². The maximum atomic E-state index is 11.6. The maximum absolute atomic E-state index is 11.6. The van der Waals surface area contributed by atoms with Crippen molar-refractivity contribution in [3.63, 3.8) is 0 Å². The first-order valence-electron chi connectivity index (χ1n) is 9.75. The van der Waals surface area contributed by atoms with Gasteiger partial charge in [0, 0.05) is 12.2 Å². The van der Waals surface area contributed by atoms with Crippen LogP contribution < -0.4 is 15.4 Å². The zero-order valence-electron chi connectivity index (χ0n) is 16.9. The number of phenolic OH excluding ortho intramolecular Hbond substituents is 1. The van der Waals surface area contributed by atoms with Crippen LogP contribution in [0, 0.1) is 0 Å². The number of nitrogens with zero attached hydrogens (tertiary/aromatic N) is 1. The van der Waals surface area contributed by atoms with E-state index in [0.717, 1.165) is 22.2 Å². The van der Waals surface area contributed by atoms with E-state index in [2.05, 4.69) is 10.6 Å². The van der Waals surface area contributed by atoms with Crippen LogP contribution in [0.25, 0.3) is 0 Å². The van der Waals surface area contributed by atoms with Gasteiger partial charge in [-0.2, -0.15) is 0 Å². The number of aromatic hydroxyl groups is 1. The number of ether oxygens (including phenoxy) is 1. The average molecular weight is 461 g/mol. The Bertz CT molecular complexity index is 953. The van der Waals surface area contributed by atoms with Crippen molar-refractivity contribution >= 4 is 34.7 Å². The van der Waals surface area contributed by atoms with E-state index in [1.807, 2.05) is 0 Å². The highest BCUT2D eigenvalue weighted by molar-refractivity contribution is 8.15. The van der Waals surface area contributed by atoms with Gasteiger partial charge >= 0.3 is 6.09 Å². The van der Waals surface area contributed by atoms with Gasteiger partial charge in [0.15, 0.2) is 5.37 Å². The predicted octanol–water partition coefficient (Wildman–Crippen LogP) is 2.08. The Kier molecular flexibility index (Phi) is 7.79. The van der Waals surface area contributed by atoms with Gasteiger partial charge in [0.1, 0.15) is 24.2 Å². The van der Waals surface area contributed by atoms with Crippen LogP contribution >= 0.6 is 11.8 Å². The number of hydrogen-bond acceptors (Lipinski definition) is 8. The van der Waals surface area contributed by atoms with Crippen molar-refractivity contribution in [1.82, 2.24) is 10.2 Å². The highest BCUT2D eigenvalue weighted by Gasteiger charge is 2.31. The van der Waals surface area contributed by atoms with Gasteiger partial charge in [-0.3, -0.25) is 14.9 Å². The molecule has 0 saturated carbocycles. The zero-order chi connectivity index (χ0) is 23.1. The van der Waals surface area contributed by atoms with Gasteiger partial charge in [-0.15, -0.1) is 0 Å². The van der Waals surface area contributed by atoms with Crippen LogP contribution in [0.5, 0.6) is 11.5 Å². The molecule has 1 heterocycles. The lowest BCUT2D eigenvalue weighted by atomic mass is 10.1. The number of nitrogens with one attached hydrogen (secondary N) is 2. The number of rotatable bonds is 10. The monoisotopic (exact) mass is 461 g/mol. The molecule has 3 rings (SSSR count). The molecule has 1 unspecified atom stereocenters. The van der Waals surface area contributed by atoms with Gasteiger partial charge in [0.05, 0.1) is 6.54 Å². The third kappa shape index (κ3) is 6.79. The SMILES string of the molecule is O=C1NC(=O)C(Nc2ccc(CCN(C[C@H](O)COc3ccc(O)cc3)C(=O)O)cc2)S1. The van der Waals surface area contributed by atoms with Crippen molar-refractivity contribution in [2.24, 2.45) is 0 Å². The number of carboxylic acid groups (broad SMARTS) is 1. The fourth-order valence-electron chi connectivity index (χ4n) is 2.94. The lowest BCUT2D eigenvalue weighted by Crippen LogP contribution is -2.40. The van der Waals surface area contributed by atoms with E-state index < -0.39 is 28.7 Å². The molecule has 1 aliphatic rings. The van der Waals surface area contributed by atoms with Crippen LogP contribution in [0.4, 0.5) is 15.3 Å². The summed E-state index contributed by atoms with van der Waals surface area (Å²) < 4.78 is 5.41. The number of hydrogen-bond donors (Lipinski definition) is 5. The second-order valence-electron chi connectivity index (χ2n) is 7.05. The molecular formula is C21H23N3O7S. The summed E-state index contributed by atoms with van der Waals surface area (Å²) >= 11 is 0.871. The number of phenols is 1. The van der Waals surface area contributed by atoms with Gasteiger partial charge in [-0.05, 0) is 60.1 Å². The molecule has 1 aliphatic heterocycles. The summed E-state index contributed by atoms with van der Waals surface area (Å²) in [5, 5.41) is 32.9. The number of carbonyl (C=O) groups is 3. The summed E-state index contributed by atoms with van der Waals surface area (Å²) in [5.41, 5.74) is 1.53. The number of anilines is 1. The minimum Gasteiger partial charge on any atom is -0.508 e. The Morgan fingerprint density at radius 2 is 1.84 bits per heavy atom. The van der Waals surface area contributed by atoms with Gasteiger partial charge < -0.3 is 30.3 Å². The van der Waals surface area contributed by atoms with Crippen molar-refractivity contribution in [1.29, 1.82) is 0 Å². The summed E-state index contributed by atoms with van der Waals surface area (Å²) in [5.74, 6) is 0.154. The fraction of sp³-hybridized carbons (Fsp3) is 0.286. The fourth-order valence-corrected chi connectivity index (χ4v) is 3.68. The minimum absolute atomic E-state index is 0.0931. The number of aliphatic hydroxyl groups excluding tert-OH is 1. The van der Waals surface area contributed by atoms with Crippen molar-refractivity contribution in [3.05, 3.63) is 54.1 Å². The second kappa shape index (κ2) is 10.7. The first-order chi connectivity index (χ1) is 15.3. The Morgan fingerprint density at radius 1 is 1.16 bits per heavy atom. The molecule has 5 N–H and O–H groups in total. The first kappa shape index (κ1) is 23.2. The van der Waals surface area contributed by atoms with E-state index in [4.69, 9.17) is 4.74 Å². The molecule has 0 aromatic heterocycles. The molecule has 0 spiro atoms. The number of thioether (sulfide) groups is 1. The predicted molar refractivity (Wildman–Crippen MR) is 118 cm³/mol. The molecule has 0 aliphatic carbocycles. The molecule has 3 amide bonds. The van der Waals surface area contributed by atoms with Crippen LogP contribution in [0.1, 0.15) is 5.56 Å². The Hall–Kier alpha value is -3.44. The van der Waals surface area contributed by atoms with Crippen LogP contribution in [-0.4, -0.2) is 68.6 Å². The van der Waals surface area contributed by atoms with Crippen molar-refractivity contribution in [2.45, 2.75) is 17.9 Å². The molecule has 2 atom stereocenters. The lowest BCUT2D eigenvalue weighted by Gasteiger charge is -2.22. The minimum atomic E-state index is -1.15. The van der Waals surface area contributed by atoms with Crippen LogP contribution in [-0.2, 0) is 11.2 Å². The highest BCUT2D eigenvalue weighted by Crippen LogP contribution is 2.22. The van der Waals surface area contributed by atoms with Crippen molar-refractivity contribution in [3.8, 4) is 11.5 Å². The first-order valence-corrected chi connectivity index (χ1v) is 10.6. The molecule has 2 aromatic carbocycles. The standard InChI is InChI=1S/C21H23N3O7S/c25-15-5-7-17(8-6-15)31-12-16(26)11-24(21(29)30)10-9-13-1-3-14(4-2-13)22-19-18(27)23-20(28)32-19/h1-8,16,19,22,25-26H,9-12H2,(H,29,30)(H,23,27,28)/t16-,19?/m0/s1. The Morgan fingerprint density at radius 3 is 2.44 bits per heavy atom. The van der Waals surface area contributed by atoms with Crippen LogP contribution in [0.3, 0.4) is 0 Å². The van der Waals surface area contributed by atoms with Gasteiger partial charge in [0.2, 0.25) is 0 Å². The molecular weight excluding hydrogens is 438 g/mol. The topological polar surface area (TPSA) is 148 Å². The molecule has 1 fully saturated rings. The molecule has 1 saturated heterocycles. The average Bonchev–Trinajstić information content (AvgIpc) is 3.08. The normalized spacial score (nSPS) is 16.3. The summed E-state index contributed by atoms with van der Waals surface area (Å²) in [7, 11) is 0. The van der Waals surface area contributed by atoms with Gasteiger partial charge in [-0.25, -0.2) is 4.79 Å². The van der Waals surface area contributed by atoms with Gasteiger partial charge in [-0.1, -0.05) is 12.1 Å². The smallest absolute Gasteiger partial charge is 0.407 e. The number of carbonyl (C=O) groups excluding carboxylic acids is 2. The van der Waals surface area contributed by atoms with Crippen molar-refractivity contribution in [2.75, 3.05) is 25.0 Å².